The van der Waals surface area contributed by atoms with Crippen molar-refractivity contribution >= 4 is 34.4 Å². The van der Waals surface area contributed by atoms with E-state index in [0.29, 0.717) is 0 Å². The minimum absolute atomic E-state index is 0. The van der Waals surface area contributed by atoms with Gasteiger partial charge in [-0.25, -0.2) is 4.98 Å². The maximum atomic E-state index is 8.00. The maximum absolute atomic E-state index is 8.00. The van der Waals surface area contributed by atoms with Gasteiger partial charge in [0.1, 0.15) is 11.8 Å². The molecule has 7 heteroatoms. The molecule has 256 valence electrons. The number of carbonyl (C=O) groups excluding carboxylic acids is 1. The van der Waals surface area contributed by atoms with Gasteiger partial charge in [0.25, 0.3) is 0 Å². The van der Waals surface area contributed by atoms with E-state index in [-0.39, 0.29) is 51.4 Å². The first kappa shape index (κ1) is 53.7. The smallest absolute Gasteiger partial charge is 0.394 e. The van der Waals surface area contributed by atoms with Crippen molar-refractivity contribution in [3.05, 3.63) is 67.3 Å². The second kappa shape index (κ2) is 43.2. The molecule has 4 N–H and O–H groups in total. The summed E-state index contributed by atoms with van der Waals surface area (Å²) in [4.78, 5) is 12.3. The molecule has 0 radical (unpaired) electrons. The van der Waals surface area contributed by atoms with E-state index in [4.69, 9.17) is 10.5 Å². The third-order valence-electron chi connectivity index (χ3n) is 6.69. The van der Waals surface area contributed by atoms with Crippen molar-refractivity contribution in [3.63, 3.8) is 0 Å². The third kappa shape index (κ3) is 34.4. The normalized spacial score (nSPS) is 13.8. The first-order valence-electron chi connectivity index (χ1n) is 16.7. The number of nitrogens with zero attached hydrogens (tertiary/aromatic N) is 1. The molecule has 0 aliphatic heterocycles. The van der Waals surface area contributed by atoms with Crippen molar-refractivity contribution in [3.8, 4) is 0 Å². The molecule has 0 amide bonds. The fraction of sp³-hybridized carbons (Fsp3) is 0.605. The summed E-state index contributed by atoms with van der Waals surface area (Å²) in [5.41, 5.74) is 6.34. The summed E-state index contributed by atoms with van der Waals surface area (Å²) in [5.74, 6) is 4.49. The van der Waals surface area contributed by atoms with Crippen LogP contribution in [0, 0.1) is 23.7 Å². The molecule has 0 bridgehead atoms. The molecular weight excluding hydrogens is 600 g/mol. The molecule has 1 aromatic carbocycles. The summed E-state index contributed by atoms with van der Waals surface area (Å²) in [6.07, 6.45) is 17.2. The largest absolute Gasteiger partial charge is 1.00 e. The van der Waals surface area contributed by atoms with Crippen LogP contribution < -0.4 is 67.8 Å². The molecule has 5 nitrogen and oxygen atoms in total. The van der Waals surface area contributed by atoms with Gasteiger partial charge in [-0.2, -0.15) is 18.8 Å². The molecule has 0 saturated heterocycles. The number of unbranched alkanes of at least 4 members (excludes halogenated alkanes) is 3. The average molecular weight is 671 g/mol. The monoisotopic (exact) mass is 670 g/mol. The zero-order valence-electron chi connectivity index (χ0n) is 31.2. The number of thiazole rings is 1. The Labute approximate surface area is 327 Å². The molecule has 1 heterocycles. The fourth-order valence-electron chi connectivity index (χ4n) is 3.99. The van der Waals surface area contributed by atoms with Crippen molar-refractivity contribution in [1.82, 2.24) is 15.6 Å². The van der Waals surface area contributed by atoms with Crippen molar-refractivity contribution in [2.75, 3.05) is 20.1 Å². The number of nitrogens with one attached hydrogen (secondary N) is 2. The molecule has 1 aliphatic carbocycles. The Morgan fingerprint density at radius 2 is 1.64 bits per heavy atom. The summed E-state index contributed by atoms with van der Waals surface area (Å²) < 4.78 is 1.22. The van der Waals surface area contributed by atoms with Gasteiger partial charge < -0.3 is 27.1 Å². The van der Waals surface area contributed by atoms with Crippen LogP contribution in [0.2, 0.25) is 0 Å². The number of benzene rings is 1. The SMILES string of the molecule is C=CNC.C=CNCCCCCC.C=Cc1nc2ccccc2s1.C=O.CC.CC(C)CCCN.CCCC1CC(C)[C-]1C.[K+]. The molecule has 1 aliphatic rings. The van der Waals surface area contributed by atoms with E-state index in [1.54, 1.807) is 35.7 Å². The second-order valence-corrected chi connectivity index (χ2v) is 11.7. The number of rotatable bonds is 13. The fourth-order valence-corrected chi connectivity index (χ4v) is 4.81. The predicted octanol–water partition coefficient (Wildman–Crippen LogP) is 7.85. The summed E-state index contributed by atoms with van der Waals surface area (Å²) in [7, 11) is 1.81. The Morgan fingerprint density at radius 1 is 1.04 bits per heavy atom. The van der Waals surface area contributed by atoms with E-state index in [9.17, 15) is 0 Å². The molecule has 2 aromatic rings. The molecule has 0 spiro atoms. The molecule has 45 heavy (non-hydrogen) atoms. The Kier molecular flexibility index (Phi) is 51.5. The van der Waals surface area contributed by atoms with Crippen molar-refractivity contribution in [2.24, 2.45) is 23.5 Å². The van der Waals surface area contributed by atoms with Gasteiger partial charge in [-0.15, -0.1) is 17.8 Å². The van der Waals surface area contributed by atoms with E-state index in [1.807, 2.05) is 45.9 Å². The van der Waals surface area contributed by atoms with Crippen molar-refractivity contribution < 1.29 is 56.2 Å². The number of aromatic nitrogens is 1. The van der Waals surface area contributed by atoms with E-state index in [2.05, 4.69) is 83.0 Å². The Hall–Kier alpha value is -0.804. The second-order valence-electron chi connectivity index (χ2n) is 10.6. The topological polar surface area (TPSA) is 80.0 Å². The number of hydrogen-bond acceptors (Lipinski definition) is 6. The first-order chi connectivity index (χ1) is 21.2. The molecular formula is C38H71KN4OS. The van der Waals surface area contributed by atoms with Gasteiger partial charge in [0.2, 0.25) is 0 Å². The van der Waals surface area contributed by atoms with E-state index < -0.39 is 0 Å². The van der Waals surface area contributed by atoms with Crippen LogP contribution in [-0.2, 0) is 4.79 Å². The van der Waals surface area contributed by atoms with Gasteiger partial charge in [-0.1, -0.05) is 112 Å². The molecule has 1 saturated carbocycles. The molecule has 2 unspecified atom stereocenters. The molecule has 1 aromatic heterocycles. The number of nitrogens with two attached hydrogens (primary N) is 1. The van der Waals surface area contributed by atoms with Gasteiger partial charge in [0.05, 0.1) is 10.2 Å². The van der Waals surface area contributed by atoms with Crippen LogP contribution in [0.4, 0.5) is 0 Å². The Balaban J connectivity index is -0.000000147. The standard InChI is InChI=1S/C9H7NS.C9H17.C8H17N.C6H15N.C3H7N.C2H6.CH2O.K/c1-2-9-10-7-5-3-4-6-8(7)11-9;1-4-5-9-6-7(2)8(9)3;1-3-5-6-7-8-9-4-2;1-6(2)4-3-5-7;1-3-4-2;2*1-2;/h2-6H,1H2;7,9H,4-6H2,1-3H3;4,9H,2-3,5-8H2,1H3;6H,3-5,7H2,1-2H3;3-4H,1H2,2H3;1-2H3;1H2;/q;-1;;;;;;+1. The van der Waals surface area contributed by atoms with Gasteiger partial charge in [-0.05, 0) is 62.3 Å². The van der Waals surface area contributed by atoms with Crippen molar-refractivity contribution in [2.45, 2.75) is 113 Å². The van der Waals surface area contributed by atoms with E-state index in [0.717, 1.165) is 41.4 Å². The quantitative estimate of drug-likeness (QED) is 0.115. The Morgan fingerprint density at radius 3 is 2.02 bits per heavy atom. The van der Waals surface area contributed by atoms with Gasteiger partial charge in [-0.3, -0.25) is 0 Å². The van der Waals surface area contributed by atoms with Crippen LogP contribution in [0.3, 0.4) is 0 Å². The van der Waals surface area contributed by atoms with E-state index >= 15 is 0 Å². The molecule has 2 atom stereocenters. The zero-order valence-corrected chi connectivity index (χ0v) is 35.2. The van der Waals surface area contributed by atoms with Gasteiger partial charge in [0, 0.05) is 13.6 Å². The minimum Gasteiger partial charge on any atom is -0.394 e. The number of para-hydroxylation sites is 1. The van der Waals surface area contributed by atoms with Gasteiger partial charge >= 0.3 is 51.4 Å². The molecule has 3 rings (SSSR count). The third-order valence-corrected chi connectivity index (χ3v) is 7.72. The van der Waals surface area contributed by atoms with Crippen LogP contribution in [0.1, 0.15) is 118 Å². The predicted molar refractivity (Wildman–Crippen MR) is 204 cm³/mol. The van der Waals surface area contributed by atoms with Crippen molar-refractivity contribution in [1.29, 1.82) is 0 Å². The van der Waals surface area contributed by atoms with Crippen LogP contribution in [0.15, 0.2) is 56.4 Å². The number of carbonyl (C=O) groups is 1. The summed E-state index contributed by atoms with van der Waals surface area (Å²) in [6.45, 7) is 32.1. The summed E-state index contributed by atoms with van der Waals surface area (Å²) in [6, 6.07) is 8.10. The zero-order chi connectivity index (χ0) is 34.6. The van der Waals surface area contributed by atoms with Crippen LogP contribution in [0.25, 0.3) is 16.3 Å². The summed E-state index contributed by atoms with van der Waals surface area (Å²) in [5, 5.41) is 6.76. The van der Waals surface area contributed by atoms with Gasteiger partial charge in [0.15, 0.2) is 0 Å². The van der Waals surface area contributed by atoms with Crippen LogP contribution >= 0.6 is 11.3 Å². The summed E-state index contributed by atoms with van der Waals surface area (Å²) >= 11 is 1.67. The number of fused-ring (bicyclic) bond motifs is 1. The van der Waals surface area contributed by atoms with E-state index in [1.165, 1.54) is 62.5 Å². The van der Waals surface area contributed by atoms with Crippen LogP contribution in [-0.4, -0.2) is 31.9 Å². The molecule has 1 fully saturated rings. The first-order valence-corrected chi connectivity index (χ1v) is 17.5. The Bertz CT molecular complexity index is 839. The number of hydrogen-bond donors (Lipinski definition) is 3. The van der Waals surface area contributed by atoms with Crippen LogP contribution in [0.5, 0.6) is 0 Å². The minimum atomic E-state index is 0. The average Bonchev–Trinajstić information content (AvgIpc) is 3.50. The maximum Gasteiger partial charge on any atom is 1.00 e.